The van der Waals surface area contributed by atoms with E-state index >= 15 is 0 Å². The highest BCUT2D eigenvalue weighted by atomic mass is 16.1. The largest absolute Gasteiger partial charge is 0.316 e. The van der Waals surface area contributed by atoms with Gasteiger partial charge in [0.25, 0.3) is 0 Å². The molecule has 2 heteroatoms. The lowest BCUT2D eigenvalue weighted by molar-refractivity contribution is -0.124. The molecule has 0 spiro atoms. The zero-order valence-corrected chi connectivity index (χ0v) is 8.10. The highest BCUT2D eigenvalue weighted by Gasteiger charge is 2.20. The fraction of sp³-hybridized carbons (Fsp3) is 0.900. The number of carbonyl (C=O) groups excluding carboxylic acids is 1. The molecule has 70 valence electrons. The van der Waals surface area contributed by atoms with E-state index < -0.39 is 0 Å². The van der Waals surface area contributed by atoms with Crippen LogP contribution in [0.1, 0.15) is 33.1 Å². The lowest BCUT2D eigenvalue weighted by atomic mass is 9.90. The summed E-state index contributed by atoms with van der Waals surface area (Å²) in [6.07, 6.45) is 3.01. The van der Waals surface area contributed by atoms with Gasteiger partial charge < -0.3 is 5.32 Å². The van der Waals surface area contributed by atoms with Crippen LogP contribution in [0.4, 0.5) is 0 Å². The first-order valence-electron chi connectivity index (χ1n) is 4.93. The third-order valence-electron chi connectivity index (χ3n) is 2.36. The lowest BCUT2D eigenvalue weighted by Crippen LogP contribution is -2.34. The molecule has 0 amide bonds. The van der Waals surface area contributed by atoms with Crippen molar-refractivity contribution in [3.8, 4) is 0 Å². The maximum absolute atomic E-state index is 11.6. The Kier molecular flexibility index (Phi) is 3.73. The van der Waals surface area contributed by atoms with Crippen molar-refractivity contribution < 1.29 is 4.79 Å². The molecule has 1 N–H and O–H groups in total. The summed E-state index contributed by atoms with van der Waals surface area (Å²) >= 11 is 0. The van der Waals surface area contributed by atoms with Gasteiger partial charge >= 0.3 is 0 Å². The van der Waals surface area contributed by atoms with Gasteiger partial charge in [-0.3, -0.25) is 4.79 Å². The van der Waals surface area contributed by atoms with Gasteiger partial charge in [-0.25, -0.2) is 0 Å². The van der Waals surface area contributed by atoms with Crippen LogP contribution in [-0.2, 0) is 4.79 Å². The van der Waals surface area contributed by atoms with Gasteiger partial charge in [0.05, 0.1) is 0 Å². The van der Waals surface area contributed by atoms with Crippen LogP contribution in [0.2, 0.25) is 0 Å². The Morgan fingerprint density at radius 1 is 1.58 bits per heavy atom. The summed E-state index contributed by atoms with van der Waals surface area (Å²) in [7, 11) is 0. The molecule has 1 aliphatic heterocycles. The number of hydrogen-bond acceptors (Lipinski definition) is 2. The Balaban J connectivity index is 2.30. The summed E-state index contributed by atoms with van der Waals surface area (Å²) in [6.45, 7) is 6.21. The maximum Gasteiger partial charge on any atom is 0.137 e. The predicted octanol–water partition coefficient (Wildman–Crippen LogP) is 1.60. The number of carbonyl (C=O) groups is 1. The van der Waals surface area contributed by atoms with Gasteiger partial charge in [-0.2, -0.15) is 0 Å². The molecule has 1 heterocycles. The molecule has 0 aromatic rings. The zero-order chi connectivity index (χ0) is 8.97. The van der Waals surface area contributed by atoms with Crippen LogP contribution in [0.25, 0.3) is 0 Å². The molecule has 12 heavy (non-hydrogen) atoms. The van der Waals surface area contributed by atoms with Gasteiger partial charge in [0.15, 0.2) is 0 Å². The zero-order valence-electron chi connectivity index (χ0n) is 8.10. The molecule has 2 nitrogen and oxygen atoms in total. The molecular formula is C10H19NO. The van der Waals surface area contributed by atoms with E-state index in [0.717, 1.165) is 32.4 Å². The molecule has 1 atom stereocenters. The van der Waals surface area contributed by atoms with E-state index in [1.807, 2.05) is 0 Å². The number of ketones is 1. The van der Waals surface area contributed by atoms with Crippen LogP contribution in [0, 0.1) is 11.8 Å². The molecule has 0 aromatic heterocycles. The van der Waals surface area contributed by atoms with Crippen LogP contribution in [0.5, 0.6) is 0 Å². The molecule has 0 aliphatic carbocycles. The van der Waals surface area contributed by atoms with Crippen LogP contribution < -0.4 is 5.32 Å². The number of hydrogen-bond donors (Lipinski definition) is 1. The molecule has 0 aromatic carbocycles. The van der Waals surface area contributed by atoms with Crippen LogP contribution in [-0.4, -0.2) is 18.9 Å². The first kappa shape index (κ1) is 9.72. The Bertz CT molecular complexity index is 148. The second-order valence-corrected chi connectivity index (χ2v) is 4.11. The second-order valence-electron chi connectivity index (χ2n) is 4.11. The van der Waals surface area contributed by atoms with Crippen molar-refractivity contribution in [3.05, 3.63) is 0 Å². The van der Waals surface area contributed by atoms with Crippen molar-refractivity contribution in [1.82, 2.24) is 5.32 Å². The minimum Gasteiger partial charge on any atom is -0.316 e. The summed E-state index contributed by atoms with van der Waals surface area (Å²) < 4.78 is 0. The fourth-order valence-electron chi connectivity index (χ4n) is 1.70. The standard InChI is InChI=1S/C10H19NO/c1-8(2)6-10(12)9-4-3-5-11-7-9/h8-9,11H,3-7H2,1-2H3. The van der Waals surface area contributed by atoms with E-state index in [2.05, 4.69) is 19.2 Å². The minimum atomic E-state index is 0.307. The minimum absolute atomic E-state index is 0.307. The van der Waals surface area contributed by atoms with Crippen LogP contribution >= 0.6 is 0 Å². The van der Waals surface area contributed by atoms with Crippen molar-refractivity contribution in [1.29, 1.82) is 0 Å². The van der Waals surface area contributed by atoms with Crippen molar-refractivity contribution in [2.24, 2.45) is 11.8 Å². The van der Waals surface area contributed by atoms with Gasteiger partial charge in [0, 0.05) is 18.9 Å². The van der Waals surface area contributed by atoms with E-state index in [1.165, 1.54) is 0 Å². The summed E-state index contributed by atoms with van der Waals surface area (Å²) in [6, 6.07) is 0. The Labute approximate surface area is 74.7 Å². The van der Waals surface area contributed by atoms with Gasteiger partial charge in [0.1, 0.15) is 5.78 Å². The monoisotopic (exact) mass is 169 g/mol. The summed E-state index contributed by atoms with van der Waals surface area (Å²) in [5.74, 6) is 1.28. The molecule has 1 unspecified atom stereocenters. The molecular weight excluding hydrogens is 150 g/mol. The third kappa shape index (κ3) is 2.94. The SMILES string of the molecule is CC(C)CC(=O)C1CCCNC1. The van der Waals surface area contributed by atoms with E-state index in [1.54, 1.807) is 0 Å². The van der Waals surface area contributed by atoms with Crippen molar-refractivity contribution in [2.75, 3.05) is 13.1 Å². The topological polar surface area (TPSA) is 29.1 Å². The number of rotatable bonds is 3. The Hall–Kier alpha value is -0.370. The summed E-state index contributed by atoms with van der Waals surface area (Å²) in [5.41, 5.74) is 0. The van der Waals surface area contributed by atoms with Crippen LogP contribution in [0.3, 0.4) is 0 Å². The quantitative estimate of drug-likeness (QED) is 0.695. The van der Waals surface area contributed by atoms with E-state index in [4.69, 9.17) is 0 Å². The second kappa shape index (κ2) is 4.61. The van der Waals surface area contributed by atoms with Crippen molar-refractivity contribution in [2.45, 2.75) is 33.1 Å². The fourth-order valence-corrected chi connectivity index (χ4v) is 1.70. The molecule has 0 saturated carbocycles. The highest BCUT2D eigenvalue weighted by molar-refractivity contribution is 5.81. The van der Waals surface area contributed by atoms with Crippen molar-refractivity contribution in [3.63, 3.8) is 0 Å². The molecule has 1 fully saturated rings. The first-order valence-corrected chi connectivity index (χ1v) is 4.93. The lowest BCUT2D eigenvalue weighted by Gasteiger charge is -2.22. The normalized spacial score (nSPS) is 24.4. The maximum atomic E-state index is 11.6. The van der Waals surface area contributed by atoms with Gasteiger partial charge in [-0.15, -0.1) is 0 Å². The molecule has 0 radical (unpaired) electrons. The average molecular weight is 169 g/mol. The number of nitrogens with one attached hydrogen (secondary N) is 1. The van der Waals surface area contributed by atoms with E-state index in [0.29, 0.717) is 17.6 Å². The summed E-state index contributed by atoms with van der Waals surface area (Å²) in [4.78, 5) is 11.6. The van der Waals surface area contributed by atoms with Crippen molar-refractivity contribution >= 4 is 5.78 Å². The molecule has 0 bridgehead atoms. The Morgan fingerprint density at radius 2 is 2.33 bits per heavy atom. The Morgan fingerprint density at radius 3 is 2.83 bits per heavy atom. The molecule has 1 saturated heterocycles. The molecule has 1 aliphatic rings. The number of piperidine rings is 1. The number of Topliss-reactive ketones (excluding diaryl/α,β-unsaturated/α-hetero) is 1. The van der Waals surface area contributed by atoms with Gasteiger partial charge in [-0.05, 0) is 25.3 Å². The first-order chi connectivity index (χ1) is 5.70. The third-order valence-corrected chi connectivity index (χ3v) is 2.36. The average Bonchev–Trinajstić information content (AvgIpc) is 2.05. The smallest absolute Gasteiger partial charge is 0.137 e. The van der Waals surface area contributed by atoms with Gasteiger partial charge in [-0.1, -0.05) is 13.8 Å². The van der Waals surface area contributed by atoms with Crippen LogP contribution in [0.15, 0.2) is 0 Å². The summed E-state index contributed by atoms with van der Waals surface area (Å²) in [5, 5.41) is 3.27. The predicted molar refractivity (Wildman–Crippen MR) is 50.1 cm³/mol. The van der Waals surface area contributed by atoms with E-state index in [9.17, 15) is 4.79 Å². The highest BCUT2D eigenvalue weighted by Crippen LogP contribution is 2.15. The van der Waals surface area contributed by atoms with E-state index in [-0.39, 0.29) is 0 Å². The molecule has 1 rings (SSSR count). The van der Waals surface area contributed by atoms with Gasteiger partial charge in [0.2, 0.25) is 0 Å².